The van der Waals surface area contributed by atoms with Gasteiger partial charge in [0.2, 0.25) is 5.92 Å². The number of carboxylic acids is 2. The van der Waals surface area contributed by atoms with Crippen molar-refractivity contribution in [3.8, 4) is 0 Å². The van der Waals surface area contributed by atoms with Gasteiger partial charge in [-0.2, -0.15) is 0 Å². The van der Waals surface area contributed by atoms with E-state index in [1.807, 2.05) is 0 Å². The summed E-state index contributed by atoms with van der Waals surface area (Å²) in [6.07, 6.45) is 0. The lowest BCUT2D eigenvalue weighted by molar-refractivity contribution is -0.158. The van der Waals surface area contributed by atoms with E-state index in [2.05, 4.69) is 0 Å². The molecule has 1 rings (SSSR count). The second-order valence-electron chi connectivity index (χ2n) is 3.64. The molecule has 0 fully saturated rings. The molecule has 1 aromatic rings. The molecule has 0 radical (unpaired) electrons. The van der Waals surface area contributed by atoms with Crippen LogP contribution < -0.4 is 0 Å². The minimum atomic E-state index is -2.01. The van der Waals surface area contributed by atoms with Crippen LogP contribution in [0.4, 0.5) is 0 Å². The van der Waals surface area contributed by atoms with Crippen LogP contribution in [0.25, 0.3) is 0 Å². The first-order chi connectivity index (χ1) is 7.95. The average Bonchev–Trinajstić information content (AvgIpc) is 2.28. The van der Waals surface area contributed by atoms with Gasteiger partial charge < -0.3 is 10.2 Å². The monoisotopic (exact) mass is 236 g/mol. The van der Waals surface area contributed by atoms with Crippen LogP contribution in [0, 0.1) is 5.92 Å². The van der Waals surface area contributed by atoms with Crippen LogP contribution in [-0.2, 0) is 14.4 Å². The highest BCUT2D eigenvalue weighted by atomic mass is 16.4. The minimum absolute atomic E-state index is 0.602. The average molecular weight is 236 g/mol. The second-order valence-corrected chi connectivity index (χ2v) is 3.64. The molecule has 0 saturated carbocycles. The van der Waals surface area contributed by atoms with Crippen molar-refractivity contribution in [1.29, 1.82) is 0 Å². The van der Waals surface area contributed by atoms with Gasteiger partial charge in [0.05, 0.1) is 0 Å². The lowest BCUT2D eigenvalue weighted by Crippen LogP contribution is -2.34. The Hall–Kier alpha value is -2.17. The third kappa shape index (κ3) is 2.90. The Bertz CT molecular complexity index is 423. The van der Waals surface area contributed by atoms with Crippen molar-refractivity contribution in [2.24, 2.45) is 5.92 Å². The van der Waals surface area contributed by atoms with E-state index in [1.54, 1.807) is 30.3 Å². The Morgan fingerprint density at radius 2 is 1.47 bits per heavy atom. The Labute approximate surface area is 97.7 Å². The third-order valence-corrected chi connectivity index (χ3v) is 2.50. The van der Waals surface area contributed by atoms with Crippen LogP contribution in [0.5, 0.6) is 0 Å². The predicted octanol–water partition coefficient (Wildman–Crippen LogP) is 1.14. The number of carboxylic acid groups (broad SMARTS) is 2. The first-order valence-corrected chi connectivity index (χ1v) is 4.99. The van der Waals surface area contributed by atoms with Crippen molar-refractivity contribution < 1.29 is 24.6 Å². The van der Waals surface area contributed by atoms with Gasteiger partial charge in [-0.05, 0) is 5.56 Å². The van der Waals surface area contributed by atoms with Gasteiger partial charge >= 0.3 is 11.9 Å². The van der Waals surface area contributed by atoms with Crippen molar-refractivity contribution in [3.63, 3.8) is 0 Å². The minimum Gasteiger partial charge on any atom is -0.480 e. The molecule has 0 aliphatic rings. The van der Waals surface area contributed by atoms with Crippen molar-refractivity contribution in [2.75, 3.05) is 0 Å². The van der Waals surface area contributed by atoms with E-state index < -0.39 is 29.6 Å². The Morgan fingerprint density at radius 1 is 1.00 bits per heavy atom. The smallest absolute Gasteiger partial charge is 0.325 e. The largest absolute Gasteiger partial charge is 0.480 e. The molecule has 17 heavy (non-hydrogen) atoms. The maximum atomic E-state index is 11.8. The first-order valence-electron chi connectivity index (χ1n) is 4.99. The zero-order chi connectivity index (χ0) is 13.0. The summed E-state index contributed by atoms with van der Waals surface area (Å²) in [7, 11) is 0. The maximum Gasteiger partial charge on any atom is 0.325 e. The molecular weight excluding hydrogens is 224 g/mol. The number of Topliss-reactive ketones (excluding diaryl/α,β-unsaturated/α-hetero) is 1. The predicted molar refractivity (Wildman–Crippen MR) is 58.6 cm³/mol. The third-order valence-electron chi connectivity index (χ3n) is 2.50. The number of carbonyl (C=O) groups is 3. The zero-order valence-electron chi connectivity index (χ0n) is 9.16. The second kappa shape index (κ2) is 5.25. The van der Waals surface area contributed by atoms with Crippen LogP contribution in [0.2, 0.25) is 0 Å². The van der Waals surface area contributed by atoms with Crippen LogP contribution >= 0.6 is 0 Å². The molecule has 5 heteroatoms. The van der Waals surface area contributed by atoms with E-state index >= 15 is 0 Å². The quantitative estimate of drug-likeness (QED) is 0.748. The van der Waals surface area contributed by atoms with E-state index in [9.17, 15) is 14.4 Å². The highest BCUT2D eigenvalue weighted by Gasteiger charge is 2.36. The topological polar surface area (TPSA) is 91.7 Å². The fourth-order valence-electron chi connectivity index (χ4n) is 1.51. The molecule has 0 aromatic heterocycles. The Morgan fingerprint density at radius 3 is 1.88 bits per heavy atom. The van der Waals surface area contributed by atoms with Gasteiger partial charge in [0.15, 0.2) is 5.78 Å². The number of rotatable bonds is 5. The van der Waals surface area contributed by atoms with Crippen LogP contribution in [0.1, 0.15) is 18.4 Å². The maximum absolute atomic E-state index is 11.8. The van der Waals surface area contributed by atoms with Gasteiger partial charge in [-0.1, -0.05) is 37.3 Å². The van der Waals surface area contributed by atoms with Gasteiger partial charge in [0.1, 0.15) is 0 Å². The van der Waals surface area contributed by atoms with Crippen molar-refractivity contribution in [3.05, 3.63) is 35.9 Å². The highest BCUT2D eigenvalue weighted by molar-refractivity contribution is 6.15. The summed E-state index contributed by atoms with van der Waals surface area (Å²) >= 11 is 0. The molecule has 90 valence electrons. The normalized spacial score (nSPS) is 12.1. The van der Waals surface area contributed by atoms with Gasteiger partial charge in [-0.15, -0.1) is 0 Å². The molecule has 2 N–H and O–H groups in total. The van der Waals surface area contributed by atoms with Gasteiger partial charge in [-0.25, -0.2) is 0 Å². The SMILES string of the molecule is CC(C(=O)C(C(=O)O)C(=O)O)c1ccccc1. The summed E-state index contributed by atoms with van der Waals surface area (Å²) in [6, 6.07) is 8.48. The number of ketones is 1. The van der Waals surface area contributed by atoms with E-state index in [1.165, 1.54) is 6.92 Å². The standard InChI is InChI=1S/C12H12O5/c1-7(8-5-3-2-4-6-8)10(13)9(11(14)15)12(16)17/h2-7,9H,1H3,(H,14,15)(H,16,17). The molecule has 0 bridgehead atoms. The van der Waals surface area contributed by atoms with E-state index in [0.29, 0.717) is 5.56 Å². The fraction of sp³-hybridized carbons (Fsp3) is 0.250. The Kier molecular flexibility index (Phi) is 3.98. The summed E-state index contributed by atoms with van der Waals surface area (Å²) in [5, 5.41) is 17.4. The van der Waals surface area contributed by atoms with E-state index in [0.717, 1.165) is 0 Å². The number of hydrogen-bond acceptors (Lipinski definition) is 3. The summed E-state index contributed by atoms with van der Waals surface area (Å²) < 4.78 is 0. The molecule has 0 aliphatic carbocycles. The molecule has 1 aromatic carbocycles. The number of benzene rings is 1. The molecular formula is C12H12O5. The van der Waals surface area contributed by atoms with Gasteiger partial charge in [-0.3, -0.25) is 14.4 Å². The van der Waals surface area contributed by atoms with Gasteiger partial charge in [0, 0.05) is 5.92 Å². The number of hydrogen-bond donors (Lipinski definition) is 2. The fourth-order valence-corrected chi connectivity index (χ4v) is 1.51. The van der Waals surface area contributed by atoms with Crippen LogP contribution in [0.3, 0.4) is 0 Å². The summed E-state index contributed by atoms with van der Waals surface area (Å²) in [6.45, 7) is 1.50. The summed E-state index contributed by atoms with van der Waals surface area (Å²) in [4.78, 5) is 33.2. The summed E-state index contributed by atoms with van der Waals surface area (Å²) in [5.74, 6) is -6.86. The molecule has 0 spiro atoms. The molecule has 0 saturated heterocycles. The molecule has 5 nitrogen and oxygen atoms in total. The lowest BCUT2D eigenvalue weighted by Gasteiger charge is -2.13. The first kappa shape index (κ1) is 12.9. The molecule has 0 aliphatic heterocycles. The van der Waals surface area contributed by atoms with Crippen molar-refractivity contribution in [2.45, 2.75) is 12.8 Å². The lowest BCUT2D eigenvalue weighted by atomic mass is 9.89. The molecule has 1 atom stereocenters. The van der Waals surface area contributed by atoms with Crippen molar-refractivity contribution in [1.82, 2.24) is 0 Å². The van der Waals surface area contributed by atoms with Gasteiger partial charge in [0.25, 0.3) is 0 Å². The van der Waals surface area contributed by atoms with Crippen molar-refractivity contribution >= 4 is 17.7 Å². The molecule has 1 unspecified atom stereocenters. The van der Waals surface area contributed by atoms with E-state index in [4.69, 9.17) is 10.2 Å². The number of carbonyl (C=O) groups excluding carboxylic acids is 1. The van der Waals surface area contributed by atoms with Crippen LogP contribution in [0.15, 0.2) is 30.3 Å². The molecule has 0 amide bonds. The number of aliphatic carboxylic acids is 2. The Balaban J connectivity index is 2.96. The zero-order valence-corrected chi connectivity index (χ0v) is 9.16. The summed E-state index contributed by atoms with van der Waals surface area (Å²) in [5.41, 5.74) is 0.602. The van der Waals surface area contributed by atoms with Crippen LogP contribution in [-0.4, -0.2) is 27.9 Å². The van der Waals surface area contributed by atoms with E-state index in [-0.39, 0.29) is 0 Å². The molecule has 0 heterocycles. The highest BCUT2D eigenvalue weighted by Crippen LogP contribution is 2.20.